The van der Waals surface area contributed by atoms with E-state index in [9.17, 15) is 0 Å². The van der Waals surface area contributed by atoms with E-state index < -0.39 is 0 Å². The zero-order chi connectivity index (χ0) is 11.5. The Hall–Kier alpha value is -1.62. The van der Waals surface area contributed by atoms with Crippen molar-refractivity contribution in [3.8, 4) is 0 Å². The Kier molecular flexibility index (Phi) is 2.92. The standard InChI is InChI=1S/C12H17N5/c1-4-15-17(6-1)9-8-16-7-5-13-12(16)10-14-11-2-3-11/h1,4-7,11,14H,2-3,8-10H2. The van der Waals surface area contributed by atoms with E-state index in [0.29, 0.717) is 0 Å². The minimum atomic E-state index is 0.728. The topological polar surface area (TPSA) is 47.7 Å². The van der Waals surface area contributed by atoms with Gasteiger partial charge in [0, 0.05) is 37.4 Å². The first-order valence-electron chi connectivity index (χ1n) is 6.12. The number of hydrogen-bond acceptors (Lipinski definition) is 3. The molecule has 1 aliphatic carbocycles. The number of hydrogen-bond donors (Lipinski definition) is 1. The summed E-state index contributed by atoms with van der Waals surface area (Å²) in [6.07, 6.45) is 10.3. The van der Waals surface area contributed by atoms with Gasteiger partial charge in [-0.15, -0.1) is 0 Å². The van der Waals surface area contributed by atoms with E-state index in [-0.39, 0.29) is 0 Å². The van der Waals surface area contributed by atoms with E-state index in [1.54, 1.807) is 0 Å². The molecule has 0 unspecified atom stereocenters. The van der Waals surface area contributed by atoms with Gasteiger partial charge < -0.3 is 9.88 Å². The van der Waals surface area contributed by atoms with Crippen LogP contribution in [0.1, 0.15) is 18.7 Å². The quantitative estimate of drug-likeness (QED) is 0.808. The molecule has 90 valence electrons. The van der Waals surface area contributed by atoms with Crippen LogP contribution in [0.15, 0.2) is 30.9 Å². The zero-order valence-electron chi connectivity index (χ0n) is 9.79. The van der Waals surface area contributed by atoms with Crippen LogP contribution in [0.4, 0.5) is 0 Å². The Balaban J connectivity index is 1.56. The Morgan fingerprint density at radius 2 is 2.18 bits per heavy atom. The van der Waals surface area contributed by atoms with Gasteiger partial charge in [-0.2, -0.15) is 5.10 Å². The minimum Gasteiger partial charge on any atom is -0.332 e. The molecule has 0 saturated heterocycles. The van der Waals surface area contributed by atoms with Crippen molar-refractivity contribution in [1.29, 1.82) is 0 Å². The van der Waals surface area contributed by atoms with Gasteiger partial charge in [-0.25, -0.2) is 4.98 Å². The largest absolute Gasteiger partial charge is 0.332 e. The Morgan fingerprint density at radius 3 is 2.94 bits per heavy atom. The molecule has 3 rings (SSSR count). The maximum absolute atomic E-state index is 4.39. The summed E-state index contributed by atoms with van der Waals surface area (Å²) in [5, 5.41) is 7.68. The second-order valence-corrected chi connectivity index (χ2v) is 4.46. The molecule has 2 aromatic rings. The number of aromatic nitrogens is 4. The summed E-state index contributed by atoms with van der Waals surface area (Å²) < 4.78 is 4.13. The highest BCUT2D eigenvalue weighted by Gasteiger charge is 2.20. The van der Waals surface area contributed by atoms with Gasteiger partial charge in [-0.1, -0.05) is 0 Å². The molecular weight excluding hydrogens is 214 g/mol. The maximum atomic E-state index is 4.39. The van der Waals surface area contributed by atoms with Gasteiger partial charge in [0.15, 0.2) is 0 Å². The molecule has 0 radical (unpaired) electrons. The van der Waals surface area contributed by atoms with Gasteiger partial charge in [-0.3, -0.25) is 4.68 Å². The summed E-state index contributed by atoms with van der Waals surface area (Å²) >= 11 is 0. The van der Waals surface area contributed by atoms with Crippen LogP contribution in [-0.2, 0) is 19.6 Å². The van der Waals surface area contributed by atoms with Gasteiger partial charge in [0.2, 0.25) is 0 Å². The third-order valence-electron chi connectivity index (χ3n) is 3.06. The molecule has 0 aromatic carbocycles. The molecule has 5 nitrogen and oxygen atoms in total. The lowest BCUT2D eigenvalue weighted by molar-refractivity contribution is 0.509. The summed E-state index contributed by atoms with van der Waals surface area (Å²) in [5.74, 6) is 1.11. The van der Waals surface area contributed by atoms with Crippen molar-refractivity contribution in [2.24, 2.45) is 0 Å². The molecule has 0 bridgehead atoms. The molecule has 2 aromatic heterocycles. The lowest BCUT2D eigenvalue weighted by atomic mass is 10.5. The predicted octanol–water partition coefficient (Wildman–Crippen LogP) is 1.03. The Bertz CT molecular complexity index is 455. The highest BCUT2D eigenvalue weighted by atomic mass is 15.3. The van der Waals surface area contributed by atoms with Gasteiger partial charge in [0.05, 0.1) is 13.1 Å². The molecule has 2 heterocycles. The molecule has 1 aliphatic rings. The van der Waals surface area contributed by atoms with E-state index in [4.69, 9.17) is 0 Å². The monoisotopic (exact) mass is 231 g/mol. The third kappa shape index (κ3) is 2.74. The van der Waals surface area contributed by atoms with Crippen molar-refractivity contribution < 1.29 is 0 Å². The maximum Gasteiger partial charge on any atom is 0.122 e. The van der Waals surface area contributed by atoms with Crippen molar-refractivity contribution in [3.63, 3.8) is 0 Å². The average molecular weight is 231 g/mol. The van der Waals surface area contributed by atoms with E-state index in [2.05, 4.69) is 20.0 Å². The molecule has 0 aliphatic heterocycles. The SMILES string of the molecule is c1cnn(CCn2ccnc2CNC2CC2)c1. The van der Waals surface area contributed by atoms with Crippen LogP contribution in [0.3, 0.4) is 0 Å². The second kappa shape index (κ2) is 4.71. The molecule has 0 atom stereocenters. The Morgan fingerprint density at radius 1 is 1.24 bits per heavy atom. The van der Waals surface area contributed by atoms with Crippen molar-refractivity contribution in [1.82, 2.24) is 24.6 Å². The van der Waals surface area contributed by atoms with Gasteiger partial charge in [-0.05, 0) is 18.9 Å². The number of nitrogens with one attached hydrogen (secondary N) is 1. The van der Waals surface area contributed by atoms with Crippen molar-refractivity contribution in [2.45, 2.75) is 38.5 Å². The normalized spacial score (nSPS) is 15.3. The average Bonchev–Trinajstić information content (AvgIpc) is 2.86. The van der Waals surface area contributed by atoms with E-state index in [1.807, 2.05) is 35.5 Å². The fourth-order valence-corrected chi connectivity index (χ4v) is 1.88. The number of nitrogens with zero attached hydrogens (tertiary/aromatic N) is 4. The van der Waals surface area contributed by atoms with Gasteiger partial charge >= 0.3 is 0 Å². The first-order valence-corrected chi connectivity index (χ1v) is 6.12. The molecular formula is C12H17N5. The summed E-state index contributed by atoms with van der Waals surface area (Å²) in [4.78, 5) is 4.39. The van der Waals surface area contributed by atoms with Crippen LogP contribution in [0, 0.1) is 0 Å². The van der Waals surface area contributed by atoms with Crippen molar-refractivity contribution >= 4 is 0 Å². The summed E-state index contributed by atoms with van der Waals surface area (Å²) in [6.45, 7) is 2.68. The van der Waals surface area contributed by atoms with Gasteiger partial charge in [0.1, 0.15) is 5.82 Å². The van der Waals surface area contributed by atoms with Crippen LogP contribution < -0.4 is 5.32 Å². The molecule has 0 spiro atoms. The fraction of sp³-hybridized carbons (Fsp3) is 0.500. The number of aryl methyl sites for hydroxylation is 2. The van der Waals surface area contributed by atoms with Crippen LogP contribution in [-0.4, -0.2) is 25.4 Å². The molecule has 1 fully saturated rings. The van der Waals surface area contributed by atoms with Crippen molar-refractivity contribution in [3.05, 3.63) is 36.7 Å². The number of imidazole rings is 1. The lowest BCUT2D eigenvalue weighted by Gasteiger charge is -2.08. The van der Waals surface area contributed by atoms with E-state index in [0.717, 1.165) is 31.5 Å². The van der Waals surface area contributed by atoms with Crippen LogP contribution in [0.25, 0.3) is 0 Å². The number of rotatable bonds is 6. The predicted molar refractivity (Wildman–Crippen MR) is 64.3 cm³/mol. The molecule has 17 heavy (non-hydrogen) atoms. The summed E-state index contributed by atoms with van der Waals surface area (Å²) in [6, 6.07) is 2.68. The first-order chi connectivity index (χ1) is 8.42. The van der Waals surface area contributed by atoms with E-state index in [1.165, 1.54) is 12.8 Å². The first kappa shape index (κ1) is 10.5. The van der Waals surface area contributed by atoms with Crippen LogP contribution in [0.5, 0.6) is 0 Å². The zero-order valence-corrected chi connectivity index (χ0v) is 9.79. The highest BCUT2D eigenvalue weighted by Crippen LogP contribution is 2.19. The minimum absolute atomic E-state index is 0.728. The summed E-state index contributed by atoms with van der Waals surface area (Å²) in [5.41, 5.74) is 0. The molecule has 1 saturated carbocycles. The van der Waals surface area contributed by atoms with Crippen LogP contribution in [0.2, 0.25) is 0 Å². The third-order valence-corrected chi connectivity index (χ3v) is 3.06. The summed E-state index contributed by atoms with van der Waals surface area (Å²) in [7, 11) is 0. The molecule has 1 N–H and O–H groups in total. The van der Waals surface area contributed by atoms with Crippen molar-refractivity contribution in [2.75, 3.05) is 0 Å². The van der Waals surface area contributed by atoms with Gasteiger partial charge in [0.25, 0.3) is 0 Å². The lowest BCUT2D eigenvalue weighted by Crippen LogP contribution is -2.19. The second-order valence-electron chi connectivity index (χ2n) is 4.46. The molecule has 0 amide bonds. The van der Waals surface area contributed by atoms with E-state index >= 15 is 0 Å². The molecule has 5 heteroatoms. The smallest absolute Gasteiger partial charge is 0.122 e. The fourth-order valence-electron chi connectivity index (χ4n) is 1.88. The highest BCUT2D eigenvalue weighted by molar-refractivity contribution is 4.94. The van der Waals surface area contributed by atoms with Crippen LogP contribution >= 0.6 is 0 Å². The Labute approximate surface area is 100 Å².